The van der Waals surface area contributed by atoms with E-state index in [1.807, 2.05) is 37.3 Å². The van der Waals surface area contributed by atoms with Crippen molar-refractivity contribution in [1.82, 2.24) is 20.2 Å². The zero-order valence-corrected chi connectivity index (χ0v) is 12.5. The third-order valence-corrected chi connectivity index (χ3v) is 3.06. The predicted octanol–water partition coefficient (Wildman–Crippen LogP) is 2.24. The smallest absolute Gasteiger partial charge is 0.268 e. The maximum Gasteiger partial charge on any atom is 0.268 e. The molecule has 3 aromatic rings. The third-order valence-electron chi connectivity index (χ3n) is 3.06. The molecule has 0 aliphatic heterocycles. The summed E-state index contributed by atoms with van der Waals surface area (Å²) >= 11 is 0. The molecule has 0 amide bonds. The molecule has 0 radical (unpaired) electrons. The van der Waals surface area contributed by atoms with E-state index in [-0.39, 0.29) is 6.61 Å². The lowest BCUT2D eigenvalue weighted by atomic mass is 10.2. The summed E-state index contributed by atoms with van der Waals surface area (Å²) in [5.41, 5.74) is 2.53. The largest absolute Gasteiger partial charge is 0.415 e. The molecule has 114 valence electrons. The Morgan fingerprint density at radius 1 is 1.13 bits per heavy atom. The van der Waals surface area contributed by atoms with Crippen molar-refractivity contribution in [3.63, 3.8) is 0 Å². The van der Waals surface area contributed by atoms with E-state index in [0.717, 1.165) is 5.56 Å². The van der Waals surface area contributed by atoms with Crippen molar-refractivity contribution in [2.45, 2.75) is 13.3 Å². The first-order chi connectivity index (χ1) is 11.3. The molecular formula is C17H14N4O2. The fraction of sp³-hybridized carbons (Fsp3) is 0.176. The summed E-state index contributed by atoms with van der Waals surface area (Å²) in [6, 6.07) is 9.52. The second-order valence-electron chi connectivity index (χ2n) is 4.74. The second kappa shape index (κ2) is 6.81. The lowest BCUT2D eigenvalue weighted by Crippen LogP contribution is -1.95. The molecule has 0 unspecified atom stereocenters. The fourth-order valence-corrected chi connectivity index (χ4v) is 1.94. The summed E-state index contributed by atoms with van der Waals surface area (Å²) < 4.78 is 5.70. The first-order valence-corrected chi connectivity index (χ1v) is 7.10. The number of rotatable bonds is 3. The highest BCUT2D eigenvalue weighted by Gasteiger charge is 2.15. The summed E-state index contributed by atoms with van der Waals surface area (Å²) in [5.74, 6) is 6.39. The van der Waals surface area contributed by atoms with Gasteiger partial charge in [0.15, 0.2) is 0 Å². The van der Waals surface area contributed by atoms with Crippen LogP contribution in [-0.2, 0) is 0 Å². The molecule has 0 spiro atoms. The molecule has 23 heavy (non-hydrogen) atoms. The molecule has 0 aliphatic rings. The molecule has 0 bridgehead atoms. The number of aromatic nitrogens is 4. The number of nitrogens with zero attached hydrogens (tertiary/aromatic N) is 4. The maximum absolute atomic E-state index is 8.76. The summed E-state index contributed by atoms with van der Waals surface area (Å²) in [7, 11) is 0. The molecule has 6 nitrogen and oxygen atoms in total. The van der Waals surface area contributed by atoms with Gasteiger partial charge >= 0.3 is 0 Å². The lowest BCUT2D eigenvalue weighted by molar-refractivity contribution is 0.305. The maximum atomic E-state index is 8.76. The van der Waals surface area contributed by atoms with Gasteiger partial charge in [0.25, 0.3) is 5.89 Å². The van der Waals surface area contributed by atoms with Gasteiger partial charge in [0.05, 0.1) is 18.5 Å². The van der Waals surface area contributed by atoms with Gasteiger partial charge in [-0.15, -0.1) is 10.2 Å². The van der Waals surface area contributed by atoms with Crippen LogP contribution in [0.2, 0.25) is 0 Å². The Kier molecular flexibility index (Phi) is 4.41. The van der Waals surface area contributed by atoms with Crippen LogP contribution in [0.5, 0.6) is 0 Å². The Morgan fingerprint density at radius 3 is 2.70 bits per heavy atom. The van der Waals surface area contributed by atoms with E-state index < -0.39 is 0 Å². The zero-order valence-electron chi connectivity index (χ0n) is 12.5. The Balaban J connectivity index is 1.94. The van der Waals surface area contributed by atoms with E-state index in [1.54, 1.807) is 6.20 Å². The standard InChI is InChI=1S/C17H14N4O2/c1-12-15(19-14(11-18-12)9-5-6-10-22)17-21-20-16(23-17)13-7-3-2-4-8-13/h2-4,7-8,11,22H,6,10H2,1H3. The van der Waals surface area contributed by atoms with Crippen molar-refractivity contribution in [2.75, 3.05) is 6.61 Å². The van der Waals surface area contributed by atoms with Crippen LogP contribution >= 0.6 is 0 Å². The minimum atomic E-state index is 0.0171. The minimum absolute atomic E-state index is 0.0171. The highest BCUT2D eigenvalue weighted by atomic mass is 16.4. The average molecular weight is 306 g/mol. The zero-order chi connectivity index (χ0) is 16.1. The highest BCUT2D eigenvalue weighted by Crippen LogP contribution is 2.23. The van der Waals surface area contributed by atoms with Crippen molar-refractivity contribution in [2.24, 2.45) is 0 Å². The van der Waals surface area contributed by atoms with Gasteiger partial charge in [-0.3, -0.25) is 4.98 Å². The van der Waals surface area contributed by atoms with Gasteiger partial charge in [0.2, 0.25) is 5.89 Å². The lowest BCUT2D eigenvalue weighted by Gasteiger charge is -1.99. The molecule has 0 saturated heterocycles. The number of aliphatic hydroxyl groups excluding tert-OH is 1. The quantitative estimate of drug-likeness (QED) is 0.747. The molecule has 1 aromatic carbocycles. The van der Waals surface area contributed by atoms with Gasteiger partial charge in [-0.1, -0.05) is 24.1 Å². The third kappa shape index (κ3) is 3.42. The van der Waals surface area contributed by atoms with Crippen LogP contribution in [0.25, 0.3) is 23.0 Å². The van der Waals surface area contributed by atoms with Gasteiger partial charge in [-0.25, -0.2) is 4.98 Å². The number of benzene rings is 1. The molecule has 6 heteroatoms. The highest BCUT2D eigenvalue weighted by molar-refractivity contribution is 5.56. The molecule has 0 aliphatic carbocycles. The van der Waals surface area contributed by atoms with Gasteiger partial charge in [0, 0.05) is 12.0 Å². The number of hydrogen-bond acceptors (Lipinski definition) is 6. The molecule has 0 atom stereocenters. The Morgan fingerprint density at radius 2 is 1.91 bits per heavy atom. The molecular weight excluding hydrogens is 292 g/mol. The van der Waals surface area contributed by atoms with Crippen LogP contribution in [0, 0.1) is 18.8 Å². The van der Waals surface area contributed by atoms with Gasteiger partial charge in [0.1, 0.15) is 11.4 Å². The van der Waals surface area contributed by atoms with Crippen LogP contribution in [0.3, 0.4) is 0 Å². The van der Waals surface area contributed by atoms with Crippen LogP contribution in [0.15, 0.2) is 40.9 Å². The number of hydrogen-bond donors (Lipinski definition) is 1. The van der Waals surface area contributed by atoms with Crippen LogP contribution in [-0.4, -0.2) is 31.9 Å². The summed E-state index contributed by atoms with van der Waals surface area (Å²) in [5, 5.41) is 16.9. The van der Waals surface area contributed by atoms with Crippen LogP contribution in [0.1, 0.15) is 17.8 Å². The SMILES string of the molecule is Cc1ncc(C#CCCO)nc1-c1nnc(-c2ccccc2)o1. The normalized spacial score (nSPS) is 10.2. The fourth-order valence-electron chi connectivity index (χ4n) is 1.94. The van der Waals surface area contributed by atoms with Crippen molar-refractivity contribution < 1.29 is 9.52 Å². The van der Waals surface area contributed by atoms with E-state index in [9.17, 15) is 0 Å². The van der Waals surface area contributed by atoms with Crippen LogP contribution < -0.4 is 0 Å². The van der Waals surface area contributed by atoms with Crippen molar-refractivity contribution in [1.29, 1.82) is 0 Å². The first-order valence-electron chi connectivity index (χ1n) is 7.10. The molecule has 3 rings (SSSR count). The Hall–Kier alpha value is -3.04. The summed E-state index contributed by atoms with van der Waals surface area (Å²) in [4.78, 5) is 8.67. The van der Waals surface area contributed by atoms with Crippen molar-refractivity contribution >= 4 is 0 Å². The van der Waals surface area contributed by atoms with E-state index in [4.69, 9.17) is 9.52 Å². The first kappa shape index (κ1) is 14.9. The number of aliphatic hydroxyl groups is 1. The number of aryl methyl sites for hydroxylation is 1. The topological polar surface area (TPSA) is 84.9 Å². The molecule has 1 N–H and O–H groups in total. The van der Waals surface area contributed by atoms with E-state index >= 15 is 0 Å². The minimum Gasteiger partial charge on any atom is -0.415 e. The van der Waals surface area contributed by atoms with Crippen molar-refractivity contribution in [3.05, 3.63) is 47.9 Å². The molecule has 2 heterocycles. The van der Waals surface area contributed by atoms with E-state index in [1.165, 1.54) is 0 Å². The molecule has 2 aromatic heterocycles. The predicted molar refractivity (Wildman–Crippen MR) is 84.1 cm³/mol. The monoisotopic (exact) mass is 306 g/mol. The Bertz CT molecular complexity index is 863. The van der Waals surface area contributed by atoms with Crippen molar-refractivity contribution in [3.8, 4) is 34.9 Å². The van der Waals surface area contributed by atoms with E-state index in [2.05, 4.69) is 32.0 Å². The van der Waals surface area contributed by atoms with Gasteiger partial charge < -0.3 is 9.52 Å². The Labute approximate surface area is 133 Å². The van der Waals surface area contributed by atoms with E-state index in [0.29, 0.717) is 35.3 Å². The van der Waals surface area contributed by atoms with Gasteiger partial charge in [-0.05, 0) is 25.0 Å². The average Bonchev–Trinajstić information content (AvgIpc) is 3.07. The summed E-state index contributed by atoms with van der Waals surface area (Å²) in [6.45, 7) is 1.84. The molecule has 0 saturated carbocycles. The second-order valence-corrected chi connectivity index (χ2v) is 4.74. The van der Waals surface area contributed by atoms with Crippen LogP contribution in [0.4, 0.5) is 0 Å². The molecule has 0 fully saturated rings. The van der Waals surface area contributed by atoms with Gasteiger partial charge in [-0.2, -0.15) is 0 Å². The summed E-state index contributed by atoms with van der Waals surface area (Å²) in [6.07, 6.45) is 1.97.